The molecule has 0 atom stereocenters. The Morgan fingerprint density at radius 2 is 1.95 bits per heavy atom. The Morgan fingerprint density at radius 1 is 1.17 bits per heavy atom. The summed E-state index contributed by atoms with van der Waals surface area (Å²) in [5.74, 6) is 2.05. The molecule has 0 spiro atoms. The van der Waals surface area contributed by atoms with Crippen molar-refractivity contribution >= 4 is 35.7 Å². The van der Waals surface area contributed by atoms with Crippen LogP contribution in [0, 0.1) is 14.9 Å². The molecule has 3 heterocycles. The number of methoxy groups -OCH3 is 1. The Kier molecular flexibility index (Phi) is 8.78. The summed E-state index contributed by atoms with van der Waals surface area (Å²) in [6, 6.07) is 15.1. The van der Waals surface area contributed by atoms with Gasteiger partial charge in [-0.25, -0.2) is 4.68 Å². The molecule has 214 valence electrons. The SMILES string of the molecule is COc1ccc(-c2ccc(/C=N/n3c(COc4ccccc4Cl)nn(CN4CCN(C)CC4)c3=S)o2)c([N+](=O)[O-])c1. The largest absolute Gasteiger partial charge is 0.497 e. The first-order valence-electron chi connectivity index (χ1n) is 12.8. The summed E-state index contributed by atoms with van der Waals surface area (Å²) in [6.07, 6.45) is 1.48. The average Bonchev–Trinajstić information content (AvgIpc) is 3.56. The predicted molar refractivity (Wildman–Crippen MR) is 156 cm³/mol. The number of para-hydroxylation sites is 1. The number of likely N-dealkylation sites (N-methyl/N-ethyl adjacent to an activating group) is 1. The minimum atomic E-state index is -0.479. The van der Waals surface area contributed by atoms with Crippen molar-refractivity contribution in [2.45, 2.75) is 13.3 Å². The minimum absolute atomic E-state index is 0.0713. The average molecular weight is 598 g/mol. The third-order valence-corrected chi connectivity index (χ3v) is 7.30. The van der Waals surface area contributed by atoms with Crippen LogP contribution in [-0.2, 0) is 13.3 Å². The molecule has 0 bridgehead atoms. The first kappa shape index (κ1) is 28.5. The fraction of sp³-hybridized carbons (Fsp3) is 0.296. The van der Waals surface area contributed by atoms with E-state index in [0.29, 0.717) is 50.9 Å². The first-order valence-corrected chi connectivity index (χ1v) is 13.5. The van der Waals surface area contributed by atoms with Crippen LogP contribution in [-0.4, -0.2) is 75.7 Å². The van der Waals surface area contributed by atoms with E-state index < -0.39 is 4.92 Å². The zero-order valence-electron chi connectivity index (χ0n) is 22.5. The number of ether oxygens (including phenoxy) is 2. The smallest absolute Gasteiger partial charge is 0.284 e. The highest BCUT2D eigenvalue weighted by Crippen LogP contribution is 2.34. The summed E-state index contributed by atoms with van der Waals surface area (Å²) >= 11 is 12.0. The lowest BCUT2D eigenvalue weighted by Gasteiger charge is -2.31. The van der Waals surface area contributed by atoms with Gasteiger partial charge < -0.3 is 18.8 Å². The van der Waals surface area contributed by atoms with Gasteiger partial charge in [-0.3, -0.25) is 15.0 Å². The van der Waals surface area contributed by atoms with Gasteiger partial charge in [0.2, 0.25) is 4.77 Å². The van der Waals surface area contributed by atoms with Crippen molar-refractivity contribution in [3.8, 4) is 22.8 Å². The first-order chi connectivity index (χ1) is 19.8. The predicted octanol–water partition coefficient (Wildman–Crippen LogP) is 4.91. The highest BCUT2D eigenvalue weighted by Gasteiger charge is 2.20. The van der Waals surface area contributed by atoms with Crippen molar-refractivity contribution < 1.29 is 18.8 Å². The van der Waals surface area contributed by atoms with Crippen molar-refractivity contribution in [2.75, 3.05) is 40.3 Å². The Hall–Kier alpha value is -4.04. The number of benzene rings is 2. The molecule has 2 aromatic heterocycles. The summed E-state index contributed by atoms with van der Waals surface area (Å²) < 4.78 is 20.6. The maximum atomic E-state index is 11.6. The molecule has 0 saturated carbocycles. The van der Waals surface area contributed by atoms with Gasteiger partial charge in [0.05, 0.1) is 41.6 Å². The van der Waals surface area contributed by atoms with Gasteiger partial charge in [0.1, 0.15) is 29.6 Å². The van der Waals surface area contributed by atoms with E-state index in [9.17, 15) is 10.1 Å². The number of nitro benzene ring substituents is 1. The second kappa shape index (κ2) is 12.6. The normalized spacial score (nSPS) is 14.5. The lowest BCUT2D eigenvalue weighted by Crippen LogP contribution is -2.45. The molecule has 41 heavy (non-hydrogen) atoms. The summed E-state index contributed by atoms with van der Waals surface area (Å²) in [7, 11) is 3.55. The van der Waals surface area contributed by atoms with E-state index in [2.05, 4.69) is 21.9 Å². The molecular weight excluding hydrogens is 570 g/mol. The van der Waals surface area contributed by atoms with Crippen molar-refractivity contribution in [1.82, 2.24) is 24.3 Å². The number of halogens is 1. The number of hydrogen-bond donors (Lipinski definition) is 0. The summed E-state index contributed by atoms with van der Waals surface area (Å²) in [4.78, 5) is 15.7. The summed E-state index contributed by atoms with van der Waals surface area (Å²) in [5.41, 5.74) is 0.189. The van der Waals surface area contributed by atoms with Crippen LogP contribution in [0.4, 0.5) is 5.69 Å². The molecule has 2 aromatic carbocycles. The van der Waals surface area contributed by atoms with Gasteiger partial charge in [0.25, 0.3) is 5.69 Å². The van der Waals surface area contributed by atoms with Gasteiger partial charge in [-0.1, -0.05) is 23.7 Å². The number of nitro groups is 1. The zero-order chi connectivity index (χ0) is 28.9. The minimum Gasteiger partial charge on any atom is -0.497 e. The van der Waals surface area contributed by atoms with E-state index in [1.54, 1.807) is 41.1 Å². The Labute approximate surface area is 246 Å². The van der Waals surface area contributed by atoms with Crippen LogP contribution < -0.4 is 9.47 Å². The van der Waals surface area contributed by atoms with Gasteiger partial charge in [-0.05, 0) is 55.7 Å². The zero-order valence-corrected chi connectivity index (χ0v) is 24.0. The van der Waals surface area contributed by atoms with Crippen molar-refractivity contribution in [1.29, 1.82) is 0 Å². The van der Waals surface area contributed by atoms with Crippen molar-refractivity contribution in [3.05, 3.63) is 86.1 Å². The number of furan rings is 1. The molecule has 12 nitrogen and oxygen atoms in total. The number of piperazine rings is 1. The van der Waals surface area contributed by atoms with E-state index in [1.165, 1.54) is 24.1 Å². The van der Waals surface area contributed by atoms with E-state index in [-0.39, 0.29) is 12.3 Å². The molecule has 1 aliphatic heterocycles. The van der Waals surface area contributed by atoms with Crippen LogP contribution in [0.1, 0.15) is 11.6 Å². The Balaban J connectivity index is 1.42. The summed E-state index contributed by atoms with van der Waals surface area (Å²) in [5, 5.41) is 21.4. The molecule has 0 unspecified atom stereocenters. The maximum absolute atomic E-state index is 11.6. The molecule has 1 saturated heterocycles. The Morgan fingerprint density at radius 3 is 2.68 bits per heavy atom. The number of aromatic nitrogens is 3. The van der Waals surface area contributed by atoms with Crippen LogP contribution in [0.3, 0.4) is 0 Å². The van der Waals surface area contributed by atoms with Gasteiger partial charge in [0.15, 0.2) is 5.82 Å². The molecule has 0 aliphatic carbocycles. The number of nitrogens with zero attached hydrogens (tertiary/aromatic N) is 7. The molecule has 1 aliphatic rings. The highest BCUT2D eigenvalue weighted by atomic mass is 35.5. The second-order valence-electron chi connectivity index (χ2n) is 9.38. The third-order valence-electron chi connectivity index (χ3n) is 6.60. The quantitative estimate of drug-likeness (QED) is 0.109. The van der Waals surface area contributed by atoms with Gasteiger partial charge in [-0.2, -0.15) is 9.78 Å². The fourth-order valence-corrected chi connectivity index (χ4v) is 4.75. The fourth-order valence-electron chi connectivity index (χ4n) is 4.30. The Bertz CT molecular complexity index is 1620. The lowest BCUT2D eigenvalue weighted by molar-refractivity contribution is -0.384. The standard InChI is InChI=1S/C27H28ClN7O5S/c1-31-11-13-32(14-12-31)18-33-27(41)34(26(30-33)17-39-25-6-4-3-5-22(25)28)29-16-20-8-10-24(40-20)21-9-7-19(38-2)15-23(21)35(36)37/h3-10,15-16H,11-14,17-18H2,1-2H3/b29-16+. The second-order valence-corrected chi connectivity index (χ2v) is 10.2. The van der Waals surface area contributed by atoms with Crippen molar-refractivity contribution in [2.24, 2.45) is 5.10 Å². The molecule has 4 aromatic rings. The summed E-state index contributed by atoms with van der Waals surface area (Å²) in [6.45, 7) is 4.30. The van der Waals surface area contributed by atoms with Gasteiger partial charge in [-0.15, -0.1) is 5.10 Å². The monoisotopic (exact) mass is 597 g/mol. The molecule has 14 heteroatoms. The van der Waals surface area contributed by atoms with E-state index in [4.69, 9.17) is 42.8 Å². The highest BCUT2D eigenvalue weighted by molar-refractivity contribution is 7.71. The van der Waals surface area contributed by atoms with Crippen LogP contribution >= 0.6 is 23.8 Å². The lowest BCUT2D eigenvalue weighted by atomic mass is 10.1. The maximum Gasteiger partial charge on any atom is 0.284 e. The molecule has 1 fully saturated rings. The molecule has 5 rings (SSSR count). The topological polar surface area (TPSA) is 116 Å². The van der Waals surface area contributed by atoms with E-state index >= 15 is 0 Å². The van der Waals surface area contributed by atoms with Crippen molar-refractivity contribution in [3.63, 3.8) is 0 Å². The third kappa shape index (κ3) is 6.65. The van der Waals surface area contributed by atoms with Gasteiger partial charge in [0, 0.05) is 26.2 Å². The molecule has 0 amide bonds. The van der Waals surface area contributed by atoms with E-state index in [1.807, 2.05) is 12.1 Å². The van der Waals surface area contributed by atoms with Crippen LogP contribution in [0.5, 0.6) is 11.5 Å². The number of hydrogen-bond acceptors (Lipinski definition) is 10. The van der Waals surface area contributed by atoms with Crippen LogP contribution in [0.2, 0.25) is 5.02 Å². The molecule has 0 N–H and O–H groups in total. The number of rotatable bonds is 10. The van der Waals surface area contributed by atoms with Gasteiger partial charge >= 0.3 is 0 Å². The van der Waals surface area contributed by atoms with E-state index in [0.717, 1.165) is 26.2 Å². The van der Waals surface area contributed by atoms with Crippen LogP contribution in [0.15, 0.2) is 64.1 Å². The van der Waals surface area contributed by atoms with Crippen LogP contribution in [0.25, 0.3) is 11.3 Å². The molecular formula is C27H28ClN7O5S. The molecule has 0 radical (unpaired) electrons.